The first-order valence-electron chi connectivity index (χ1n) is 10.3. The van der Waals surface area contributed by atoms with Crippen LogP contribution >= 0.6 is 23.1 Å². The molecule has 1 saturated carbocycles. The summed E-state index contributed by atoms with van der Waals surface area (Å²) in [6.07, 6.45) is 9.58. The molecule has 0 unspecified atom stereocenters. The third kappa shape index (κ3) is 4.87. The molecule has 0 radical (unpaired) electrons. The Morgan fingerprint density at radius 3 is 2.82 bits per heavy atom. The normalized spacial score (nSPS) is 21.0. The van der Waals surface area contributed by atoms with Gasteiger partial charge in [-0.3, -0.25) is 4.79 Å². The van der Waals surface area contributed by atoms with Crippen molar-refractivity contribution in [3.05, 3.63) is 35.4 Å². The third-order valence-electron chi connectivity index (χ3n) is 5.67. The van der Waals surface area contributed by atoms with Crippen LogP contribution in [0.3, 0.4) is 0 Å². The number of amides is 1. The minimum absolute atomic E-state index is 0.0729. The summed E-state index contributed by atoms with van der Waals surface area (Å²) in [6, 6.07) is 9.10. The van der Waals surface area contributed by atoms with Crippen molar-refractivity contribution in [3.8, 4) is 0 Å². The fourth-order valence-electron chi connectivity index (χ4n) is 4.13. The number of fused-ring (bicyclic) bond motifs is 1. The van der Waals surface area contributed by atoms with E-state index in [2.05, 4.69) is 45.1 Å². The van der Waals surface area contributed by atoms with Crippen LogP contribution < -0.4 is 10.6 Å². The van der Waals surface area contributed by atoms with Gasteiger partial charge in [0.25, 0.3) is 0 Å². The Bertz CT molecular complexity index is 803. The quantitative estimate of drug-likeness (QED) is 0.652. The molecule has 28 heavy (non-hydrogen) atoms. The van der Waals surface area contributed by atoms with Gasteiger partial charge in [-0.25, -0.2) is 0 Å². The van der Waals surface area contributed by atoms with Crippen LogP contribution in [0.25, 0.3) is 0 Å². The van der Waals surface area contributed by atoms with Gasteiger partial charge in [0, 0.05) is 6.04 Å². The van der Waals surface area contributed by atoms with E-state index in [-0.39, 0.29) is 17.2 Å². The van der Waals surface area contributed by atoms with Crippen LogP contribution in [-0.2, 0) is 11.2 Å². The van der Waals surface area contributed by atoms with Crippen LogP contribution in [0.1, 0.15) is 69.0 Å². The van der Waals surface area contributed by atoms with Crippen molar-refractivity contribution in [3.63, 3.8) is 0 Å². The number of thioether (sulfide) groups is 1. The lowest BCUT2D eigenvalue weighted by molar-refractivity contribution is -0.121. The molecule has 1 amide bonds. The zero-order valence-electron chi connectivity index (χ0n) is 16.3. The molecule has 1 aromatic carbocycles. The molecule has 150 valence electrons. The van der Waals surface area contributed by atoms with E-state index in [0.29, 0.717) is 6.04 Å². The number of aryl methyl sites for hydroxylation is 1. The summed E-state index contributed by atoms with van der Waals surface area (Å²) < 4.78 is 0.852. The van der Waals surface area contributed by atoms with Crippen LogP contribution in [-0.4, -0.2) is 27.4 Å². The van der Waals surface area contributed by atoms with Crippen molar-refractivity contribution < 1.29 is 4.79 Å². The Hall–Kier alpha value is -1.60. The number of carbonyl (C=O) groups excluding carboxylic acids is 1. The smallest absolute Gasteiger partial charge is 0.233 e. The maximum absolute atomic E-state index is 12.8. The van der Waals surface area contributed by atoms with E-state index < -0.39 is 0 Å². The molecule has 0 saturated heterocycles. The molecule has 0 spiro atoms. The molecule has 1 aromatic heterocycles. The first-order chi connectivity index (χ1) is 13.7. The minimum atomic E-state index is -0.190. The number of nitrogens with one attached hydrogen (secondary N) is 2. The second-order valence-electron chi connectivity index (χ2n) is 7.76. The van der Waals surface area contributed by atoms with E-state index in [1.165, 1.54) is 55.0 Å². The molecular formula is C21H28N4OS2. The highest BCUT2D eigenvalue weighted by atomic mass is 32.2. The first-order valence-corrected chi connectivity index (χ1v) is 12.0. The largest absolute Gasteiger partial charge is 0.357 e. The summed E-state index contributed by atoms with van der Waals surface area (Å²) in [7, 11) is 0. The van der Waals surface area contributed by atoms with Gasteiger partial charge in [0.15, 0.2) is 4.34 Å². The Balaban J connectivity index is 1.31. The number of carbonyl (C=O) groups is 1. The van der Waals surface area contributed by atoms with Crippen LogP contribution in [0.15, 0.2) is 28.6 Å². The predicted octanol–water partition coefficient (Wildman–Crippen LogP) is 4.96. The summed E-state index contributed by atoms with van der Waals surface area (Å²) in [5.41, 5.74) is 2.64. The molecule has 2 N–H and O–H groups in total. The Kier molecular flexibility index (Phi) is 6.52. The van der Waals surface area contributed by atoms with E-state index in [1.54, 1.807) is 11.3 Å². The topological polar surface area (TPSA) is 66.9 Å². The number of hydrogen-bond donors (Lipinski definition) is 2. The van der Waals surface area contributed by atoms with E-state index in [9.17, 15) is 4.79 Å². The predicted molar refractivity (Wildman–Crippen MR) is 116 cm³/mol. The van der Waals surface area contributed by atoms with Gasteiger partial charge in [0.05, 0.1) is 11.3 Å². The van der Waals surface area contributed by atoms with Crippen molar-refractivity contribution in [2.75, 3.05) is 5.32 Å². The number of anilines is 1. The van der Waals surface area contributed by atoms with Crippen LogP contribution in [0.4, 0.5) is 5.13 Å². The van der Waals surface area contributed by atoms with Crippen LogP contribution in [0.5, 0.6) is 0 Å². The first kappa shape index (κ1) is 19.7. The number of hydrogen-bond acceptors (Lipinski definition) is 6. The summed E-state index contributed by atoms with van der Waals surface area (Å²) in [6.45, 7) is 1.95. The monoisotopic (exact) mass is 416 g/mol. The van der Waals surface area contributed by atoms with Crippen molar-refractivity contribution >= 4 is 34.1 Å². The number of nitrogens with zero attached hydrogens (tertiary/aromatic N) is 2. The molecule has 1 fully saturated rings. The van der Waals surface area contributed by atoms with Crippen molar-refractivity contribution in [2.45, 2.75) is 80.0 Å². The zero-order chi connectivity index (χ0) is 19.3. The van der Waals surface area contributed by atoms with Gasteiger partial charge in [0.1, 0.15) is 0 Å². The lowest BCUT2D eigenvalue weighted by Crippen LogP contribution is -2.35. The molecular weight excluding hydrogens is 388 g/mol. The van der Waals surface area contributed by atoms with E-state index in [4.69, 9.17) is 0 Å². The molecule has 1 heterocycles. The highest BCUT2D eigenvalue weighted by Crippen LogP contribution is 2.33. The van der Waals surface area contributed by atoms with Gasteiger partial charge in [-0.2, -0.15) is 0 Å². The maximum Gasteiger partial charge on any atom is 0.233 e. The maximum atomic E-state index is 12.8. The van der Waals surface area contributed by atoms with Crippen molar-refractivity contribution in [1.82, 2.24) is 15.5 Å². The minimum Gasteiger partial charge on any atom is -0.357 e. The zero-order valence-corrected chi connectivity index (χ0v) is 18.0. The Labute approximate surface area is 175 Å². The summed E-state index contributed by atoms with van der Waals surface area (Å²) >= 11 is 3.05. The molecule has 2 aromatic rings. The van der Waals surface area contributed by atoms with Crippen molar-refractivity contribution in [2.24, 2.45) is 0 Å². The van der Waals surface area contributed by atoms with E-state index in [1.807, 2.05) is 6.92 Å². The van der Waals surface area contributed by atoms with E-state index in [0.717, 1.165) is 28.7 Å². The molecule has 0 aliphatic heterocycles. The summed E-state index contributed by atoms with van der Waals surface area (Å²) in [4.78, 5) is 12.8. The number of aromatic nitrogens is 2. The standard InChI is InChI=1S/C21H28N4OS2/c1-14(19(26)23-18-13-7-9-15-8-5-6-12-17(15)18)27-21-25-24-20(28-21)22-16-10-3-2-4-11-16/h5-6,8,12,14,16,18H,2-4,7,9-11,13H2,1H3,(H,22,24)(H,23,26)/t14-,18+/m1/s1. The second-order valence-corrected chi connectivity index (χ2v) is 10.3. The fraction of sp³-hybridized carbons (Fsp3) is 0.571. The molecule has 2 aliphatic rings. The lowest BCUT2D eigenvalue weighted by Gasteiger charge is -2.27. The third-order valence-corrected chi connectivity index (χ3v) is 7.71. The highest BCUT2D eigenvalue weighted by Gasteiger charge is 2.25. The number of rotatable bonds is 6. The van der Waals surface area contributed by atoms with Gasteiger partial charge in [0.2, 0.25) is 11.0 Å². The van der Waals surface area contributed by atoms with Gasteiger partial charge in [-0.15, -0.1) is 10.2 Å². The molecule has 0 bridgehead atoms. The second kappa shape index (κ2) is 9.27. The fourth-order valence-corrected chi connectivity index (χ4v) is 6.12. The van der Waals surface area contributed by atoms with Crippen LogP contribution in [0.2, 0.25) is 0 Å². The molecule has 2 atom stereocenters. The summed E-state index contributed by atoms with van der Waals surface area (Å²) in [5.74, 6) is 0.0729. The Morgan fingerprint density at radius 1 is 1.14 bits per heavy atom. The average molecular weight is 417 g/mol. The van der Waals surface area contributed by atoms with Gasteiger partial charge in [-0.05, 0) is 50.2 Å². The highest BCUT2D eigenvalue weighted by molar-refractivity contribution is 8.02. The van der Waals surface area contributed by atoms with Crippen molar-refractivity contribution in [1.29, 1.82) is 0 Å². The molecule has 2 aliphatic carbocycles. The van der Waals surface area contributed by atoms with Gasteiger partial charge >= 0.3 is 0 Å². The van der Waals surface area contributed by atoms with E-state index >= 15 is 0 Å². The average Bonchev–Trinajstić information content (AvgIpc) is 3.15. The molecule has 7 heteroatoms. The lowest BCUT2D eigenvalue weighted by atomic mass is 9.88. The summed E-state index contributed by atoms with van der Waals surface area (Å²) in [5, 5.41) is 16.0. The molecule has 4 rings (SSSR count). The van der Waals surface area contributed by atoms with Gasteiger partial charge in [-0.1, -0.05) is 66.6 Å². The van der Waals surface area contributed by atoms with Crippen LogP contribution in [0, 0.1) is 0 Å². The molecule has 5 nitrogen and oxygen atoms in total. The Morgan fingerprint density at radius 2 is 1.96 bits per heavy atom. The van der Waals surface area contributed by atoms with Gasteiger partial charge < -0.3 is 10.6 Å². The number of benzene rings is 1. The SMILES string of the molecule is C[C@@H](Sc1nnc(NC2CCCCC2)s1)C(=O)N[C@H]1CCCc2ccccc21.